The van der Waals surface area contributed by atoms with Crippen LogP contribution in [-0.2, 0) is 36.8 Å². The molecule has 2 aliphatic heterocycles. The van der Waals surface area contributed by atoms with Crippen LogP contribution >= 0.6 is 11.3 Å². The number of ether oxygens (including phenoxy) is 2. The Bertz CT molecular complexity index is 1430. The van der Waals surface area contributed by atoms with Crippen molar-refractivity contribution in [3.8, 4) is 11.1 Å². The van der Waals surface area contributed by atoms with Gasteiger partial charge in [0.15, 0.2) is 5.79 Å². The number of hydrogen-bond acceptors (Lipinski definition) is 7. The zero-order valence-corrected chi connectivity index (χ0v) is 22.7. The summed E-state index contributed by atoms with van der Waals surface area (Å²) in [5, 5.41) is 12.2. The van der Waals surface area contributed by atoms with Crippen molar-refractivity contribution >= 4 is 35.4 Å². The smallest absolute Gasteiger partial charge is 0.243 e. The van der Waals surface area contributed by atoms with Gasteiger partial charge in [-0.3, -0.25) is 19.8 Å². The van der Waals surface area contributed by atoms with Crippen molar-refractivity contribution in [2.75, 3.05) is 19.8 Å². The molecule has 0 aliphatic carbocycles. The molecule has 3 amide bonds. The number of likely N-dealkylation sites (tertiary alicyclic amines) is 1. The van der Waals surface area contributed by atoms with Crippen LogP contribution in [-0.4, -0.2) is 60.5 Å². The van der Waals surface area contributed by atoms with E-state index in [0.29, 0.717) is 29.9 Å². The predicted molar refractivity (Wildman–Crippen MR) is 148 cm³/mol. The number of nitrogens with two attached hydrogens (primary N) is 2. The number of rotatable bonds is 7. The summed E-state index contributed by atoms with van der Waals surface area (Å²) in [6, 6.07) is 11.1. The molecule has 1 atom stereocenters. The van der Waals surface area contributed by atoms with Gasteiger partial charge in [0.1, 0.15) is 23.5 Å². The van der Waals surface area contributed by atoms with Crippen LogP contribution in [0.1, 0.15) is 22.4 Å². The summed E-state index contributed by atoms with van der Waals surface area (Å²) in [6.45, 7) is 1.16. The largest absolute Gasteiger partial charge is 0.384 e. The predicted octanol–water partition coefficient (Wildman–Crippen LogP) is 2.28. The summed E-state index contributed by atoms with van der Waals surface area (Å²) >= 11 is 1.38. The van der Waals surface area contributed by atoms with Gasteiger partial charge >= 0.3 is 0 Å². The third kappa shape index (κ3) is 7.12. The van der Waals surface area contributed by atoms with Crippen LogP contribution in [0.5, 0.6) is 0 Å². The Morgan fingerprint density at radius 1 is 1.15 bits per heavy atom. The minimum absolute atomic E-state index is 0.0267. The van der Waals surface area contributed by atoms with Crippen molar-refractivity contribution in [1.29, 1.82) is 5.41 Å². The van der Waals surface area contributed by atoms with E-state index in [2.05, 4.69) is 11.1 Å². The Balaban J connectivity index is 0.00000124. The molecule has 216 valence electrons. The zero-order chi connectivity index (χ0) is 29.6. The van der Waals surface area contributed by atoms with Crippen molar-refractivity contribution in [3.63, 3.8) is 0 Å². The first kappa shape index (κ1) is 29.8. The highest BCUT2D eigenvalue weighted by molar-refractivity contribution is 7.10. The van der Waals surface area contributed by atoms with E-state index in [9.17, 15) is 18.4 Å². The Hall–Kier alpha value is -4.20. The average molecular weight is 586 g/mol. The molecule has 0 saturated carbocycles. The zero-order valence-electron chi connectivity index (χ0n) is 21.9. The van der Waals surface area contributed by atoms with Gasteiger partial charge in [-0.25, -0.2) is 8.78 Å². The number of carbonyl (C=O) groups is 3. The molecule has 2 aliphatic rings. The van der Waals surface area contributed by atoms with Crippen LogP contribution in [0, 0.1) is 17.0 Å². The summed E-state index contributed by atoms with van der Waals surface area (Å²) in [5.74, 6) is -2.96. The molecule has 2 saturated heterocycles. The van der Waals surface area contributed by atoms with E-state index in [-0.39, 0.29) is 55.6 Å². The lowest BCUT2D eigenvalue weighted by atomic mass is 10.0. The Morgan fingerprint density at radius 3 is 2.44 bits per heavy atom. The first-order valence-electron chi connectivity index (χ1n) is 12.6. The van der Waals surface area contributed by atoms with E-state index in [1.807, 2.05) is 0 Å². The van der Waals surface area contributed by atoms with Crippen molar-refractivity contribution < 1.29 is 32.6 Å². The summed E-state index contributed by atoms with van der Waals surface area (Å²) in [5.41, 5.74) is 11.8. The molecule has 1 unspecified atom stereocenters. The second-order valence-corrected chi connectivity index (χ2v) is 10.4. The minimum atomic E-state index is -1.01. The molecule has 0 bridgehead atoms. The number of thiophene rings is 1. The van der Waals surface area contributed by atoms with Gasteiger partial charge in [0.2, 0.25) is 18.2 Å². The van der Waals surface area contributed by atoms with Crippen molar-refractivity contribution in [2.24, 2.45) is 11.5 Å². The number of hydrogen-bond donors (Lipinski definition) is 4. The van der Waals surface area contributed by atoms with Gasteiger partial charge in [0.05, 0.1) is 32.7 Å². The fraction of sp³-hybridized carbons (Fsp3) is 0.286. The van der Waals surface area contributed by atoms with Crippen LogP contribution in [0.2, 0.25) is 0 Å². The van der Waals surface area contributed by atoms with E-state index in [4.69, 9.17) is 25.4 Å². The topological polar surface area (TPSA) is 161 Å². The van der Waals surface area contributed by atoms with Gasteiger partial charge < -0.3 is 31.2 Å². The lowest BCUT2D eigenvalue weighted by Gasteiger charge is -2.24. The van der Waals surface area contributed by atoms with Gasteiger partial charge in [-0.15, -0.1) is 11.3 Å². The lowest BCUT2D eigenvalue weighted by Crippen LogP contribution is -2.46. The molecule has 5 rings (SSSR count). The van der Waals surface area contributed by atoms with E-state index in [1.165, 1.54) is 28.4 Å². The molecule has 1 spiro atoms. The highest BCUT2D eigenvalue weighted by atomic mass is 32.1. The number of carbonyl (C=O) groups excluding carboxylic acids is 3. The van der Waals surface area contributed by atoms with E-state index in [0.717, 1.165) is 10.9 Å². The first-order chi connectivity index (χ1) is 19.6. The van der Waals surface area contributed by atoms with Crippen LogP contribution in [0.25, 0.3) is 11.1 Å². The number of halogens is 2. The van der Waals surface area contributed by atoms with Gasteiger partial charge in [0, 0.05) is 33.9 Å². The minimum Gasteiger partial charge on any atom is -0.384 e. The van der Waals surface area contributed by atoms with Gasteiger partial charge in [-0.1, -0.05) is 24.3 Å². The number of primary amides is 1. The molecule has 2 aromatic carbocycles. The number of nitrogen functional groups attached to an aromatic ring is 1. The molecule has 6 N–H and O–H groups in total. The fourth-order valence-corrected chi connectivity index (χ4v) is 5.57. The Morgan fingerprint density at radius 2 is 1.83 bits per heavy atom. The second kappa shape index (κ2) is 13.0. The monoisotopic (exact) mass is 585 g/mol. The summed E-state index contributed by atoms with van der Waals surface area (Å²) in [6.07, 6.45) is 0.495. The standard InChI is InChI=1S/C27H26F2N4O4S.CH3NO/c28-19-5-6-21(22(29)11-19)17-3-1-16(2-4-17)9-24(34)33-15-27(36-7-8-37-27)12-23(33)26(35)32-13-20-10-18(14-38-20)25(30)31;2-1-3/h1-6,10-11,14,23H,7-9,12-13,15H2,(H3,30,31)(H,32,35);1H,(H2,2,3). The summed E-state index contributed by atoms with van der Waals surface area (Å²) in [7, 11) is 0. The van der Waals surface area contributed by atoms with E-state index >= 15 is 0 Å². The van der Waals surface area contributed by atoms with Crippen LogP contribution in [0.15, 0.2) is 53.9 Å². The molecule has 41 heavy (non-hydrogen) atoms. The van der Waals surface area contributed by atoms with Crippen LogP contribution < -0.4 is 16.8 Å². The lowest BCUT2D eigenvalue weighted by molar-refractivity contribution is -0.152. The molecule has 2 fully saturated rings. The van der Waals surface area contributed by atoms with Gasteiger partial charge in [-0.2, -0.15) is 0 Å². The fourth-order valence-electron chi connectivity index (χ4n) is 4.75. The van der Waals surface area contributed by atoms with Crippen LogP contribution in [0.3, 0.4) is 0 Å². The SMILES string of the molecule is N=C(N)c1csc(CNC(=O)C2CC3(CN2C(=O)Cc2ccc(-c4ccc(F)cc4F)cc2)OCCO3)c1.NC=O. The molecule has 3 aromatic rings. The normalized spacial score (nSPS) is 17.1. The molecule has 1 aromatic heterocycles. The third-order valence-corrected chi connectivity index (χ3v) is 7.62. The quantitative estimate of drug-likeness (QED) is 0.189. The van der Waals surface area contributed by atoms with Gasteiger partial charge in [0.25, 0.3) is 0 Å². The number of amidine groups is 1. The number of nitrogens with one attached hydrogen (secondary N) is 2. The maximum absolute atomic E-state index is 14.1. The molecule has 3 heterocycles. The molecule has 0 radical (unpaired) electrons. The molecule has 13 heteroatoms. The average Bonchev–Trinajstić information content (AvgIpc) is 3.69. The van der Waals surface area contributed by atoms with Crippen molar-refractivity contribution in [3.05, 3.63) is 81.5 Å². The summed E-state index contributed by atoms with van der Waals surface area (Å²) in [4.78, 5) is 37.5. The Labute approximate surface area is 238 Å². The van der Waals surface area contributed by atoms with Crippen molar-refractivity contribution in [2.45, 2.75) is 31.2 Å². The van der Waals surface area contributed by atoms with E-state index < -0.39 is 23.5 Å². The van der Waals surface area contributed by atoms with Gasteiger partial charge in [-0.05, 0) is 29.3 Å². The van der Waals surface area contributed by atoms with E-state index in [1.54, 1.807) is 35.7 Å². The number of nitrogens with zero attached hydrogens (tertiary/aromatic N) is 1. The summed E-state index contributed by atoms with van der Waals surface area (Å²) < 4.78 is 39.0. The van der Waals surface area contributed by atoms with Crippen molar-refractivity contribution in [1.82, 2.24) is 10.2 Å². The number of benzene rings is 2. The maximum Gasteiger partial charge on any atom is 0.243 e. The molecule has 10 nitrogen and oxygen atoms in total. The van der Waals surface area contributed by atoms with Crippen LogP contribution in [0.4, 0.5) is 8.78 Å². The first-order valence-corrected chi connectivity index (χ1v) is 13.5. The highest BCUT2D eigenvalue weighted by Gasteiger charge is 2.52. The second-order valence-electron chi connectivity index (χ2n) is 9.42. The molecular formula is C28H29F2N5O5S. The maximum atomic E-state index is 14.1. The number of amides is 3. The third-order valence-electron chi connectivity index (χ3n) is 6.68. The molecular weight excluding hydrogens is 556 g/mol. The Kier molecular flexibility index (Phi) is 9.42. The highest BCUT2D eigenvalue weighted by Crippen LogP contribution is 2.35.